The van der Waals surface area contributed by atoms with Crippen molar-refractivity contribution in [2.45, 2.75) is 52.6 Å². The van der Waals surface area contributed by atoms with Crippen molar-refractivity contribution < 1.29 is 14.3 Å². The zero-order valence-electron chi connectivity index (χ0n) is 21.3. The minimum Gasteiger partial charge on any atom is -0.484 e. The SMILES string of the molecule is CCCCNC(=O)C(Cc1ccccc1)N(Cc1ccc(Br)cc1)C(=O)COc1cc(C)cc(C)c1. The number of halogens is 1. The third kappa shape index (κ3) is 8.52. The average Bonchev–Trinajstić information content (AvgIpc) is 2.86. The number of carbonyl (C=O) groups is 2. The fourth-order valence-electron chi connectivity index (χ4n) is 4.09. The molecule has 0 spiro atoms. The van der Waals surface area contributed by atoms with Crippen molar-refractivity contribution in [2.24, 2.45) is 0 Å². The Labute approximate surface area is 223 Å². The van der Waals surface area contributed by atoms with Crippen LogP contribution < -0.4 is 10.1 Å². The van der Waals surface area contributed by atoms with Gasteiger partial charge in [0.15, 0.2) is 6.61 Å². The maximum Gasteiger partial charge on any atom is 0.261 e. The number of aryl methyl sites for hydroxylation is 2. The van der Waals surface area contributed by atoms with Crippen molar-refractivity contribution in [3.05, 3.63) is 99.5 Å². The first kappa shape index (κ1) is 27.5. The van der Waals surface area contributed by atoms with Gasteiger partial charge in [0.1, 0.15) is 11.8 Å². The van der Waals surface area contributed by atoms with Crippen LogP contribution >= 0.6 is 15.9 Å². The second kappa shape index (κ2) is 13.8. The Balaban J connectivity index is 1.88. The highest BCUT2D eigenvalue weighted by Gasteiger charge is 2.30. The van der Waals surface area contributed by atoms with Crippen LogP contribution in [0.2, 0.25) is 0 Å². The lowest BCUT2D eigenvalue weighted by Gasteiger charge is -2.31. The summed E-state index contributed by atoms with van der Waals surface area (Å²) in [5.74, 6) is 0.268. The van der Waals surface area contributed by atoms with Crippen molar-refractivity contribution in [3.8, 4) is 5.75 Å². The number of unbranched alkanes of at least 4 members (excludes halogenated alkanes) is 1. The van der Waals surface area contributed by atoms with Gasteiger partial charge >= 0.3 is 0 Å². The van der Waals surface area contributed by atoms with Crippen LogP contribution in [0.5, 0.6) is 5.75 Å². The van der Waals surface area contributed by atoms with Gasteiger partial charge in [-0.2, -0.15) is 0 Å². The molecule has 0 saturated carbocycles. The standard InChI is InChI=1S/C30H35BrN2O3/c1-4-5-15-32-30(35)28(19-24-9-7-6-8-10-24)33(20-25-11-13-26(31)14-12-25)29(34)21-36-27-17-22(2)16-23(3)18-27/h6-14,16-18,28H,4-5,15,19-21H2,1-3H3,(H,32,35). The molecule has 1 N–H and O–H groups in total. The van der Waals surface area contributed by atoms with E-state index in [1.54, 1.807) is 4.90 Å². The van der Waals surface area contributed by atoms with Gasteiger partial charge in [0.05, 0.1) is 0 Å². The minimum absolute atomic E-state index is 0.146. The summed E-state index contributed by atoms with van der Waals surface area (Å²) in [5.41, 5.74) is 4.08. The highest BCUT2D eigenvalue weighted by molar-refractivity contribution is 9.10. The molecule has 3 aromatic carbocycles. The Morgan fingerprint density at radius 2 is 1.61 bits per heavy atom. The topological polar surface area (TPSA) is 58.6 Å². The number of hydrogen-bond acceptors (Lipinski definition) is 3. The van der Waals surface area contributed by atoms with Crippen LogP contribution in [0.15, 0.2) is 77.3 Å². The van der Waals surface area contributed by atoms with Crippen molar-refractivity contribution in [2.75, 3.05) is 13.2 Å². The first-order valence-corrected chi connectivity index (χ1v) is 13.2. The van der Waals surface area contributed by atoms with Crippen LogP contribution in [0, 0.1) is 13.8 Å². The number of benzene rings is 3. The van der Waals surface area contributed by atoms with Gasteiger partial charge in [0, 0.05) is 24.0 Å². The molecular formula is C30H35BrN2O3. The molecule has 1 atom stereocenters. The van der Waals surface area contributed by atoms with E-state index in [1.165, 1.54) is 0 Å². The normalized spacial score (nSPS) is 11.6. The zero-order valence-corrected chi connectivity index (χ0v) is 22.9. The summed E-state index contributed by atoms with van der Waals surface area (Å²) in [5, 5.41) is 3.04. The number of nitrogens with zero attached hydrogens (tertiary/aromatic N) is 1. The van der Waals surface area contributed by atoms with Crippen LogP contribution in [0.1, 0.15) is 42.0 Å². The molecule has 6 heteroatoms. The summed E-state index contributed by atoms with van der Waals surface area (Å²) in [6, 6.07) is 22.9. The van der Waals surface area contributed by atoms with Crippen molar-refractivity contribution in [1.82, 2.24) is 10.2 Å². The Morgan fingerprint density at radius 3 is 2.25 bits per heavy atom. The van der Waals surface area contributed by atoms with Gasteiger partial charge < -0.3 is 15.0 Å². The molecule has 0 aliphatic rings. The van der Waals surface area contributed by atoms with E-state index in [9.17, 15) is 9.59 Å². The van der Waals surface area contributed by atoms with Crippen LogP contribution in [-0.4, -0.2) is 35.9 Å². The smallest absolute Gasteiger partial charge is 0.261 e. The highest BCUT2D eigenvalue weighted by atomic mass is 79.9. The molecule has 5 nitrogen and oxygen atoms in total. The lowest BCUT2D eigenvalue weighted by atomic mass is 10.0. The van der Waals surface area contributed by atoms with Gasteiger partial charge in [-0.25, -0.2) is 0 Å². The summed E-state index contributed by atoms with van der Waals surface area (Å²) < 4.78 is 6.87. The van der Waals surface area contributed by atoms with E-state index in [0.717, 1.165) is 39.6 Å². The Bertz CT molecular complexity index is 1110. The first-order valence-electron chi connectivity index (χ1n) is 12.4. The van der Waals surface area contributed by atoms with E-state index >= 15 is 0 Å². The number of carbonyl (C=O) groups excluding carboxylic acids is 2. The van der Waals surface area contributed by atoms with Gasteiger partial charge in [0.2, 0.25) is 5.91 Å². The van der Waals surface area contributed by atoms with E-state index in [4.69, 9.17) is 4.74 Å². The summed E-state index contributed by atoms with van der Waals surface area (Å²) >= 11 is 3.47. The Morgan fingerprint density at radius 1 is 0.944 bits per heavy atom. The fourth-order valence-corrected chi connectivity index (χ4v) is 4.36. The lowest BCUT2D eigenvalue weighted by Crippen LogP contribution is -2.51. The predicted octanol–water partition coefficient (Wildman–Crippen LogP) is 6.00. The van der Waals surface area contributed by atoms with Gasteiger partial charge in [-0.15, -0.1) is 0 Å². The molecule has 36 heavy (non-hydrogen) atoms. The number of ether oxygens (including phenoxy) is 1. The Hall–Kier alpha value is -3.12. The summed E-state index contributed by atoms with van der Waals surface area (Å²) in [6.07, 6.45) is 2.29. The van der Waals surface area contributed by atoms with Crippen molar-refractivity contribution in [3.63, 3.8) is 0 Å². The molecule has 0 bridgehead atoms. The van der Waals surface area contributed by atoms with E-state index < -0.39 is 6.04 Å². The summed E-state index contributed by atoms with van der Waals surface area (Å²) in [4.78, 5) is 28.7. The quantitative estimate of drug-likeness (QED) is 0.281. The first-order chi connectivity index (χ1) is 17.4. The van der Waals surface area contributed by atoms with E-state index in [0.29, 0.717) is 25.3 Å². The molecule has 190 valence electrons. The second-order valence-electron chi connectivity index (χ2n) is 9.11. The largest absolute Gasteiger partial charge is 0.484 e. The van der Waals surface area contributed by atoms with Crippen molar-refractivity contribution >= 4 is 27.7 Å². The van der Waals surface area contributed by atoms with E-state index in [2.05, 4.69) is 34.2 Å². The molecule has 3 rings (SSSR count). The lowest BCUT2D eigenvalue weighted by molar-refractivity contribution is -0.142. The average molecular weight is 552 g/mol. The second-order valence-corrected chi connectivity index (χ2v) is 10.0. The zero-order chi connectivity index (χ0) is 25.9. The number of rotatable bonds is 12. The molecule has 0 heterocycles. The minimum atomic E-state index is -0.664. The summed E-state index contributed by atoms with van der Waals surface area (Å²) in [7, 11) is 0. The van der Waals surface area contributed by atoms with Gasteiger partial charge in [0.25, 0.3) is 5.91 Å². The van der Waals surface area contributed by atoms with E-state index in [1.807, 2.05) is 80.6 Å². The Kier molecular flexibility index (Phi) is 10.6. The third-order valence-corrected chi connectivity index (χ3v) is 6.45. The molecule has 0 saturated heterocycles. The van der Waals surface area contributed by atoms with Gasteiger partial charge in [-0.05, 0) is 66.8 Å². The maximum atomic E-state index is 13.6. The third-order valence-electron chi connectivity index (χ3n) is 5.92. The summed E-state index contributed by atoms with van der Waals surface area (Å²) in [6.45, 7) is 6.82. The molecule has 0 radical (unpaired) electrons. The van der Waals surface area contributed by atoms with Gasteiger partial charge in [-0.1, -0.05) is 77.8 Å². The molecule has 2 amide bonds. The van der Waals surface area contributed by atoms with E-state index in [-0.39, 0.29) is 18.4 Å². The van der Waals surface area contributed by atoms with Crippen LogP contribution in [0.4, 0.5) is 0 Å². The monoisotopic (exact) mass is 550 g/mol. The molecular weight excluding hydrogens is 516 g/mol. The molecule has 0 aromatic heterocycles. The number of amides is 2. The van der Waals surface area contributed by atoms with Crippen LogP contribution in [0.3, 0.4) is 0 Å². The maximum absolute atomic E-state index is 13.6. The predicted molar refractivity (Wildman–Crippen MR) is 148 cm³/mol. The highest BCUT2D eigenvalue weighted by Crippen LogP contribution is 2.19. The molecule has 3 aromatic rings. The van der Waals surface area contributed by atoms with Gasteiger partial charge in [-0.3, -0.25) is 9.59 Å². The molecule has 0 aliphatic carbocycles. The number of nitrogens with one attached hydrogen (secondary N) is 1. The molecule has 1 unspecified atom stereocenters. The fraction of sp³-hybridized carbons (Fsp3) is 0.333. The van der Waals surface area contributed by atoms with Crippen molar-refractivity contribution in [1.29, 1.82) is 0 Å². The molecule has 0 fully saturated rings. The van der Waals surface area contributed by atoms with Crippen LogP contribution in [-0.2, 0) is 22.6 Å². The molecule has 0 aliphatic heterocycles. The van der Waals surface area contributed by atoms with Crippen LogP contribution in [0.25, 0.3) is 0 Å². The number of hydrogen-bond donors (Lipinski definition) is 1.